The molecular formula is C25H33F5N4O5S. The van der Waals surface area contributed by atoms with Crippen molar-refractivity contribution in [2.75, 3.05) is 12.8 Å². The Balaban J connectivity index is 1.86. The molecular weight excluding hydrogens is 563 g/mol. The molecule has 0 radical (unpaired) electrons. The molecule has 2 aromatic rings. The van der Waals surface area contributed by atoms with Gasteiger partial charge in [-0.2, -0.15) is 27.1 Å². The molecule has 2 aromatic heterocycles. The second-order valence-corrected chi connectivity index (χ2v) is 12.6. The molecule has 40 heavy (non-hydrogen) atoms. The van der Waals surface area contributed by atoms with Crippen LogP contribution in [0.3, 0.4) is 0 Å². The second kappa shape index (κ2) is 12.0. The predicted molar refractivity (Wildman–Crippen MR) is 136 cm³/mol. The zero-order chi connectivity index (χ0) is 30.0. The molecule has 0 aliphatic heterocycles. The molecule has 3 rings (SSSR count). The Hall–Kier alpha value is -2.81. The Bertz CT molecular complexity index is 1320. The first-order valence-corrected chi connectivity index (χ1v) is 14.7. The fourth-order valence-electron chi connectivity index (χ4n) is 4.79. The summed E-state index contributed by atoms with van der Waals surface area (Å²) >= 11 is 0. The van der Waals surface area contributed by atoms with E-state index in [9.17, 15) is 40.3 Å². The largest absolute Gasteiger partial charge is 0.434 e. The number of ether oxygens (including phenoxy) is 1. The first kappa shape index (κ1) is 31.7. The van der Waals surface area contributed by atoms with Crippen molar-refractivity contribution in [2.45, 2.75) is 83.1 Å². The third kappa shape index (κ3) is 7.47. The number of halogens is 5. The number of carbonyl (C=O) groups is 1. The number of aromatic nitrogens is 3. The molecule has 15 heteroatoms. The van der Waals surface area contributed by atoms with Crippen LogP contribution in [0.4, 0.5) is 22.0 Å². The van der Waals surface area contributed by atoms with Crippen molar-refractivity contribution in [2.24, 2.45) is 5.92 Å². The molecule has 0 bridgehead atoms. The van der Waals surface area contributed by atoms with Crippen molar-refractivity contribution in [3.8, 4) is 17.0 Å². The number of aliphatic hydroxyl groups is 1. The first-order valence-electron chi connectivity index (χ1n) is 12.7. The normalized spacial score (nSPS) is 20.9. The highest BCUT2D eigenvalue weighted by molar-refractivity contribution is 7.91. The Kier molecular flexibility index (Phi) is 9.49. The fourth-order valence-corrected chi connectivity index (χ4v) is 5.88. The summed E-state index contributed by atoms with van der Waals surface area (Å²) in [5.74, 6) is -2.82. The number of rotatable bonds is 10. The van der Waals surface area contributed by atoms with Gasteiger partial charge in [-0.25, -0.2) is 8.42 Å². The van der Waals surface area contributed by atoms with E-state index in [-0.39, 0.29) is 67.0 Å². The van der Waals surface area contributed by atoms with Crippen molar-refractivity contribution in [3.63, 3.8) is 0 Å². The van der Waals surface area contributed by atoms with E-state index in [4.69, 9.17) is 0 Å². The molecule has 1 amide bonds. The summed E-state index contributed by atoms with van der Waals surface area (Å²) in [4.78, 5) is 17.1. The Morgan fingerprint density at radius 1 is 1.30 bits per heavy atom. The predicted octanol–water partition coefficient (Wildman–Crippen LogP) is 4.06. The lowest BCUT2D eigenvalue weighted by atomic mass is 9.84. The summed E-state index contributed by atoms with van der Waals surface area (Å²) in [7, 11) is -3.24. The van der Waals surface area contributed by atoms with Gasteiger partial charge in [0.1, 0.15) is 15.6 Å². The van der Waals surface area contributed by atoms with Crippen LogP contribution in [0, 0.1) is 12.8 Å². The molecule has 1 saturated carbocycles. The van der Waals surface area contributed by atoms with Crippen LogP contribution < -0.4 is 10.1 Å². The minimum absolute atomic E-state index is 0.0207. The lowest BCUT2D eigenvalue weighted by molar-refractivity contribution is -0.169. The molecule has 0 unspecified atom stereocenters. The monoisotopic (exact) mass is 596 g/mol. The molecule has 1 aliphatic rings. The van der Waals surface area contributed by atoms with Crippen LogP contribution in [0.25, 0.3) is 11.3 Å². The topological polar surface area (TPSA) is 123 Å². The summed E-state index contributed by atoms with van der Waals surface area (Å²) in [5, 5.41) is 17.2. The number of alkyl halides is 5. The van der Waals surface area contributed by atoms with Crippen LogP contribution in [0.5, 0.6) is 5.75 Å². The zero-order valence-corrected chi connectivity index (χ0v) is 23.4. The maximum atomic E-state index is 13.3. The molecule has 0 saturated heterocycles. The lowest BCUT2D eigenvalue weighted by Gasteiger charge is -2.35. The van der Waals surface area contributed by atoms with Gasteiger partial charge in [0.15, 0.2) is 5.69 Å². The maximum Gasteiger partial charge on any atom is 0.391 e. The SMILES string of the molecule is CCn1nc(C(=O)NC[C@]2(O)CC[C@@H](S(C)(=O)=O)CC2)c(C)c1-c1cnc(C[C@@H](C)C(F)(F)F)cc1OC(F)F. The average Bonchev–Trinajstić information content (AvgIpc) is 3.17. The number of carbonyl (C=O) groups excluding carboxylic acids is 1. The summed E-state index contributed by atoms with van der Waals surface area (Å²) in [5.41, 5.74) is -0.924. The Morgan fingerprint density at radius 2 is 1.93 bits per heavy atom. The number of amides is 1. The fraction of sp³-hybridized carbons (Fsp3) is 0.640. The quantitative estimate of drug-likeness (QED) is 0.397. The number of pyridine rings is 1. The minimum Gasteiger partial charge on any atom is -0.434 e. The smallest absolute Gasteiger partial charge is 0.391 e. The molecule has 224 valence electrons. The van der Waals surface area contributed by atoms with Crippen LogP contribution in [-0.2, 0) is 22.8 Å². The number of aryl methyl sites for hydroxylation is 1. The van der Waals surface area contributed by atoms with Gasteiger partial charge in [0.25, 0.3) is 5.91 Å². The summed E-state index contributed by atoms with van der Waals surface area (Å²) in [6.07, 6.45) is -1.89. The van der Waals surface area contributed by atoms with Crippen LogP contribution in [0.2, 0.25) is 0 Å². The molecule has 0 aromatic carbocycles. The van der Waals surface area contributed by atoms with Gasteiger partial charge in [0, 0.05) is 49.3 Å². The summed E-state index contributed by atoms with van der Waals surface area (Å²) in [6, 6.07) is 1.03. The molecule has 0 spiro atoms. The van der Waals surface area contributed by atoms with E-state index in [0.717, 1.165) is 25.4 Å². The molecule has 1 fully saturated rings. The molecule has 9 nitrogen and oxygen atoms in total. The van der Waals surface area contributed by atoms with Gasteiger partial charge in [0.05, 0.1) is 28.0 Å². The van der Waals surface area contributed by atoms with E-state index in [1.807, 2.05) is 0 Å². The third-order valence-corrected chi connectivity index (χ3v) is 8.90. The Morgan fingerprint density at radius 3 is 2.45 bits per heavy atom. The summed E-state index contributed by atoms with van der Waals surface area (Å²) < 4.78 is 95.1. The van der Waals surface area contributed by atoms with Gasteiger partial charge in [-0.15, -0.1) is 0 Å². The van der Waals surface area contributed by atoms with Crippen molar-refractivity contribution < 1.29 is 45.0 Å². The van der Waals surface area contributed by atoms with Gasteiger partial charge < -0.3 is 15.2 Å². The van der Waals surface area contributed by atoms with Crippen LogP contribution in [-0.4, -0.2) is 70.6 Å². The number of hydrogen-bond donors (Lipinski definition) is 2. The first-order chi connectivity index (χ1) is 18.4. The van der Waals surface area contributed by atoms with Crippen LogP contribution in [0.1, 0.15) is 61.3 Å². The van der Waals surface area contributed by atoms with Crippen LogP contribution >= 0.6 is 0 Å². The summed E-state index contributed by atoms with van der Waals surface area (Å²) in [6.45, 7) is 0.972. The number of nitrogens with one attached hydrogen (secondary N) is 1. The van der Waals surface area contributed by atoms with Gasteiger partial charge in [-0.1, -0.05) is 6.92 Å². The molecule has 1 atom stereocenters. The van der Waals surface area contributed by atoms with Gasteiger partial charge in [-0.05, 0) is 39.5 Å². The van der Waals surface area contributed by atoms with E-state index in [1.165, 1.54) is 11.6 Å². The van der Waals surface area contributed by atoms with E-state index in [0.29, 0.717) is 0 Å². The van der Waals surface area contributed by atoms with Gasteiger partial charge in [0.2, 0.25) is 0 Å². The van der Waals surface area contributed by atoms with Crippen molar-refractivity contribution in [1.82, 2.24) is 20.1 Å². The van der Waals surface area contributed by atoms with E-state index >= 15 is 0 Å². The zero-order valence-electron chi connectivity index (χ0n) is 22.6. The van der Waals surface area contributed by atoms with E-state index in [1.54, 1.807) is 6.92 Å². The maximum absolute atomic E-state index is 13.3. The molecule has 2 heterocycles. The third-order valence-electron chi connectivity index (χ3n) is 7.22. The van der Waals surface area contributed by atoms with Gasteiger partial charge >= 0.3 is 12.8 Å². The standard InChI is InChI=1S/C25H33F5N4O5S/c1-5-34-21(18-12-31-16(10-14(2)25(28,29)30)11-19(18)39-23(26)27)15(3)20(33-34)22(35)32-13-24(36)8-6-17(7-9-24)40(4,37)38/h11-12,14,17,23,36H,5-10,13H2,1-4H3,(H,32,35)/t14-,17-,24+/m1/s1. The van der Waals surface area contributed by atoms with Crippen LogP contribution in [0.15, 0.2) is 12.3 Å². The van der Waals surface area contributed by atoms with Gasteiger partial charge in [-0.3, -0.25) is 14.5 Å². The lowest BCUT2D eigenvalue weighted by Crippen LogP contribution is -2.47. The minimum atomic E-state index is -4.50. The molecule has 2 N–H and O–H groups in total. The molecule has 1 aliphatic carbocycles. The van der Waals surface area contributed by atoms with Crippen molar-refractivity contribution >= 4 is 15.7 Å². The van der Waals surface area contributed by atoms with E-state index in [2.05, 4.69) is 20.1 Å². The van der Waals surface area contributed by atoms with E-state index < -0.39 is 57.5 Å². The number of hydrogen-bond acceptors (Lipinski definition) is 7. The number of nitrogens with zero attached hydrogens (tertiary/aromatic N) is 3. The highest BCUT2D eigenvalue weighted by atomic mass is 32.2. The average molecular weight is 597 g/mol. The highest BCUT2D eigenvalue weighted by Crippen LogP contribution is 2.36. The van der Waals surface area contributed by atoms with Crippen molar-refractivity contribution in [3.05, 3.63) is 29.2 Å². The Labute approximate surface area is 229 Å². The number of sulfone groups is 1. The van der Waals surface area contributed by atoms with Crippen molar-refractivity contribution in [1.29, 1.82) is 0 Å². The second-order valence-electron chi connectivity index (χ2n) is 10.3. The highest BCUT2D eigenvalue weighted by Gasteiger charge is 2.38.